The third-order valence-electron chi connectivity index (χ3n) is 5.27. The Morgan fingerprint density at radius 2 is 1.91 bits per heavy atom. The summed E-state index contributed by atoms with van der Waals surface area (Å²) in [6.45, 7) is 4.54. The molecule has 1 aliphatic rings. The topological polar surface area (TPSA) is 79.0 Å². The smallest absolute Gasteiger partial charge is 0.304 e. The molecule has 0 radical (unpaired) electrons. The van der Waals surface area contributed by atoms with Gasteiger partial charge in [-0.25, -0.2) is 8.78 Å². The van der Waals surface area contributed by atoms with E-state index in [-0.39, 0.29) is 25.3 Å². The van der Waals surface area contributed by atoms with E-state index in [0.29, 0.717) is 30.9 Å². The molecule has 1 aliphatic heterocycles. The van der Waals surface area contributed by atoms with Crippen LogP contribution < -0.4 is 14.4 Å². The van der Waals surface area contributed by atoms with E-state index in [9.17, 15) is 22.0 Å². The number of ether oxygens (including phenoxy) is 1. The summed E-state index contributed by atoms with van der Waals surface area (Å²) < 4.78 is 61.9. The van der Waals surface area contributed by atoms with Crippen molar-refractivity contribution in [2.75, 3.05) is 35.9 Å². The van der Waals surface area contributed by atoms with Crippen molar-refractivity contribution in [1.29, 1.82) is 0 Å². The SMILES string of the molecule is CCOc1ccc(N(CC)S(=O)(=O)N2CCC[C@@H](C(=O)Nc3cc(F)ccc3F)C2)cc1. The second-order valence-corrected chi connectivity index (χ2v) is 9.26. The Bertz CT molecular complexity index is 1050. The molecule has 0 aliphatic carbocycles. The fraction of sp³-hybridized carbons (Fsp3) is 0.409. The second kappa shape index (κ2) is 10.3. The van der Waals surface area contributed by atoms with Gasteiger partial charge in [0.05, 0.1) is 23.9 Å². The summed E-state index contributed by atoms with van der Waals surface area (Å²) in [7, 11) is -3.89. The number of benzene rings is 2. The Labute approximate surface area is 187 Å². The Hall–Kier alpha value is -2.72. The van der Waals surface area contributed by atoms with Gasteiger partial charge in [-0.3, -0.25) is 9.10 Å². The van der Waals surface area contributed by atoms with Crippen molar-refractivity contribution in [2.24, 2.45) is 5.92 Å². The van der Waals surface area contributed by atoms with Crippen molar-refractivity contribution in [2.45, 2.75) is 26.7 Å². The first-order valence-corrected chi connectivity index (χ1v) is 11.9. The molecule has 0 bridgehead atoms. The molecule has 1 heterocycles. The summed E-state index contributed by atoms with van der Waals surface area (Å²) in [6, 6.07) is 9.54. The van der Waals surface area contributed by atoms with Gasteiger partial charge in [-0.15, -0.1) is 0 Å². The predicted molar refractivity (Wildman–Crippen MR) is 119 cm³/mol. The Kier molecular flexibility index (Phi) is 7.68. The van der Waals surface area contributed by atoms with Crippen molar-refractivity contribution >= 4 is 27.5 Å². The van der Waals surface area contributed by atoms with E-state index in [1.807, 2.05) is 6.92 Å². The lowest BCUT2D eigenvalue weighted by Gasteiger charge is -2.35. The van der Waals surface area contributed by atoms with Gasteiger partial charge < -0.3 is 10.1 Å². The minimum absolute atomic E-state index is 0.0430. The van der Waals surface area contributed by atoms with Gasteiger partial charge in [-0.05, 0) is 63.1 Å². The summed E-state index contributed by atoms with van der Waals surface area (Å²) in [6.07, 6.45) is 0.924. The Morgan fingerprint density at radius 3 is 2.56 bits per heavy atom. The number of nitrogens with one attached hydrogen (secondary N) is 1. The summed E-state index contributed by atoms with van der Waals surface area (Å²) in [5.74, 6) is -2.01. The maximum Gasteiger partial charge on any atom is 0.304 e. The maximum atomic E-state index is 13.9. The minimum Gasteiger partial charge on any atom is -0.494 e. The van der Waals surface area contributed by atoms with Crippen molar-refractivity contribution in [3.63, 3.8) is 0 Å². The lowest BCUT2D eigenvalue weighted by molar-refractivity contribution is -0.120. The van der Waals surface area contributed by atoms with E-state index in [2.05, 4.69) is 5.32 Å². The summed E-state index contributed by atoms with van der Waals surface area (Å²) in [4.78, 5) is 12.7. The normalized spacial score (nSPS) is 17.1. The molecular weight excluding hydrogens is 440 g/mol. The highest BCUT2D eigenvalue weighted by Crippen LogP contribution is 2.27. The van der Waals surface area contributed by atoms with Gasteiger partial charge >= 0.3 is 10.2 Å². The zero-order chi connectivity index (χ0) is 23.3. The monoisotopic (exact) mass is 467 g/mol. The van der Waals surface area contributed by atoms with Gasteiger partial charge in [0.2, 0.25) is 5.91 Å². The Balaban J connectivity index is 1.74. The van der Waals surface area contributed by atoms with Gasteiger partial charge in [0.25, 0.3) is 0 Å². The molecule has 1 amide bonds. The number of carbonyl (C=O) groups is 1. The van der Waals surface area contributed by atoms with Gasteiger partial charge in [0, 0.05) is 25.7 Å². The van der Waals surface area contributed by atoms with Crippen molar-refractivity contribution in [3.8, 4) is 5.75 Å². The van der Waals surface area contributed by atoms with E-state index < -0.39 is 33.7 Å². The molecule has 174 valence electrons. The average Bonchev–Trinajstić information content (AvgIpc) is 2.78. The number of carbonyl (C=O) groups excluding carboxylic acids is 1. The molecule has 2 aromatic carbocycles. The zero-order valence-electron chi connectivity index (χ0n) is 18.1. The van der Waals surface area contributed by atoms with Crippen LogP contribution in [-0.4, -0.2) is 44.9 Å². The van der Waals surface area contributed by atoms with Crippen LogP contribution in [0.1, 0.15) is 26.7 Å². The molecule has 3 rings (SSSR count). The summed E-state index contributed by atoms with van der Waals surface area (Å²) >= 11 is 0. The first-order valence-electron chi connectivity index (χ1n) is 10.5. The molecule has 0 unspecified atom stereocenters. The van der Waals surface area contributed by atoms with E-state index >= 15 is 0 Å². The second-order valence-electron chi connectivity index (χ2n) is 7.41. The minimum atomic E-state index is -3.89. The number of nitrogens with zero attached hydrogens (tertiary/aromatic N) is 2. The van der Waals surface area contributed by atoms with Crippen molar-refractivity contribution in [3.05, 3.63) is 54.1 Å². The van der Waals surface area contributed by atoms with Crippen LogP contribution >= 0.6 is 0 Å². The van der Waals surface area contributed by atoms with Crippen LogP contribution in [0, 0.1) is 17.6 Å². The molecule has 1 N–H and O–H groups in total. The lowest BCUT2D eigenvalue weighted by Crippen LogP contribution is -2.50. The molecule has 1 atom stereocenters. The van der Waals surface area contributed by atoms with Gasteiger partial charge in [0.1, 0.15) is 17.4 Å². The van der Waals surface area contributed by atoms with Crippen molar-refractivity contribution < 1.29 is 26.7 Å². The first-order chi connectivity index (χ1) is 15.3. The standard InChI is InChI=1S/C22H27F2N3O4S/c1-3-27(18-8-10-19(11-9-18)31-4-2)32(29,30)26-13-5-6-16(15-26)22(28)25-21-14-17(23)7-12-20(21)24/h7-12,14,16H,3-6,13,15H2,1-2H3,(H,25,28)/t16-/m1/s1. The van der Waals surface area contributed by atoms with E-state index in [4.69, 9.17) is 4.74 Å². The predicted octanol–water partition coefficient (Wildman–Crippen LogP) is 3.79. The molecule has 1 fully saturated rings. The number of hydrogen-bond donors (Lipinski definition) is 1. The van der Waals surface area contributed by atoms with E-state index in [0.717, 1.165) is 18.2 Å². The van der Waals surface area contributed by atoms with Crippen molar-refractivity contribution in [1.82, 2.24) is 4.31 Å². The van der Waals surface area contributed by atoms with Crippen LogP contribution in [0.3, 0.4) is 0 Å². The van der Waals surface area contributed by atoms with Crippen LogP contribution in [0.15, 0.2) is 42.5 Å². The molecule has 2 aromatic rings. The van der Waals surface area contributed by atoms with Crippen LogP contribution in [-0.2, 0) is 15.0 Å². The number of rotatable bonds is 8. The quantitative estimate of drug-likeness (QED) is 0.641. The summed E-state index contributed by atoms with van der Waals surface area (Å²) in [5, 5.41) is 2.38. The third-order valence-corrected chi connectivity index (χ3v) is 7.28. The number of hydrogen-bond acceptors (Lipinski definition) is 4. The lowest BCUT2D eigenvalue weighted by atomic mass is 9.98. The summed E-state index contributed by atoms with van der Waals surface area (Å²) in [5.41, 5.74) is 0.226. The van der Waals surface area contributed by atoms with Crippen LogP contribution in [0.2, 0.25) is 0 Å². The zero-order valence-corrected chi connectivity index (χ0v) is 18.9. The fourth-order valence-electron chi connectivity index (χ4n) is 3.69. The molecule has 0 saturated carbocycles. The number of piperidine rings is 1. The number of anilines is 2. The van der Waals surface area contributed by atoms with E-state index in [1.54, 1.807) is 31.2 Å². The number of amides is 1. The van der Waals surface area contributed by atoms with Crippen LogP contribution in [0.25, 0.3) is 0 Å². The maximum absolute atomic E-state index is 13.9. The molecule has 0 spiro atoms. The van der Waals surface area contributed by atoms with Gasteiger partial charge in [-0.1, -0.05) is 0 Å². The average molecular weight is 468 g/mol. The van der Waals surface area contributed by atoms with Gasteiger partial charge in [0.15, 0.2) is 0 Å². The Morgan fingerprint density at radius 1 is 1.19 bits per heavy atom. The highest BCUT2D eigenvalue weighted by Gasteiger charge is 2.36. The van der Waals surface area contributed by atoms with Crippen LogP contribution in [0.4, 0.5) is 20.2 Å². The highest BCUT2D eigenvalue weighted by atomic mass is 32.2. The van der Waals surface area contributed by atoms with Crippen LogP contribution in [0.5, 0.6) is 5.75 Å². The number of halogens is 2. The largest absolute Gasteiger partial charge is 0.494 e. The fourth-order valence-corrected chi connectivity index (χ4v) is 5.41. The highest BCUT2D eigenvalue weighted by molar-refractivity contribution is 7.90. The molecular formula is C22H27F2N3O4S. The molecule has 32 heavy (non-hydrogen) atoms. The first kappa shape index (κ1) is 23.9. The molecule has 7 nitrogen and oxygen atoms in total. The molecule has 10 heteroatoms. The van der Waals surface area contributed by atoms with E-state index in [1.165, 1.54) is 8.61 Å². The third kappa shape index (κ3) is 5.36. The molecule has 0 aromatic heterocycles. The molecule has 1 saturated heterocycles. The van der Waals surface area contributed by atoms with Gasteiger partial charge in [-0.2, -0.15) is 12.7 Å².